The van der Waals surface area contributed by atoms with Crippen LogP contribution in [-0.4, -0.2) is 28.4 Å². The molecular weight excluding hydrogens is 250 g/mol. The molecule has 4 N–H and O–H groups in total. The van der Waals surface area contributed by atoms with Crippen molar-refractivity contribution in [1.82, 2.24) is 10.6 Å². The Kier molecular flexibility index (Phi) is 6.25. The van der Waals surface area contributed by atoms with Crippen molar-refractivity contribution in [3.8, 4) is 0 Å². The fraction of sp³-hybridized carbons (Fsp3) is 0.750. The Morgan fingerprint density at radius 2 is 1.78 bits per heavy atom. The second-order valence-electron chi connectivity index (χ2n) is 5.33. The lowest BCUT2D eigenvalue weighted by atomic mass is 10.1. The van der Waals surface area contributed by atoms with Crippen molar-refractivity contribution in [1.29, 1.82) is 0 Å². The summed E-state index contributed by atoms with van der Waals surface area (Å²) in [5.41, 5.74) is 5.14. The molecule has 0 aromatic rings. The summed E-state index contributed by atoms with van der Waals surface area (Å²) in [6, 6.07) is -0.611. The second-order valence-corrected chi connectivity index (χ2v) is 5.80. The van der Waals surface area contributed by atoms with Gasteiger partial charge in [-0.25, -0.2) is 0 Å². The highest BCUT2D eigenvalue weighted by atomic mass is 32.1. The summed E-state index contributed by atoms with van der Waals surface area (Å²) in [5, 5.41) is 5.41. The van der Waals surface area contributed by atoms with Crippen LogP contribution in [0.1, 0.15) is 41.0 Å². The number of nitrogens with one attached hydrogen (secondary N) is 2. The van der Waals surface area contributed by atoms with E-state index in [1.165, 1.54) is 0 Å². The van der Waals surface area contributed by atoms with Crippen molar-refractivity contribution in [2.75, 3.05) is 0 Å². The van der Waals surface area contributed by atoms with Gasteiger partial charge < -0.3 is 16.4 Å². The van der Waals surface area contributed by atoms with Gasteiger partial charge in [0.05, 0.1) is 10.9 Å². The summed E-state index contributed by atoms with van der Waals surface area (Å²) in [7, 11) is 0. The minimum atomic E-state index is -0.611. The van der Waals surface area contributed by atoms with E-state index in [1.54, 1.807) is 6.92 Å². The van der Waals surface area contributed by atoms with Crippen molar-refractivity contribution in [3.05, 3.63) is 0 Å². The minimum absolute atomic E-state index is 0.151. The summed E-state index contributed by atoms with van der Waals surface area (Å²) in [5.74, 6) is -1.06. The molecule has 5 nitrogen and oxygen atoms in total. The number of hydrogen-bond acceptors (Lipinski definition) is 3. The molecule has 0 bridgehead atoms. The highest BCUT2D eigenvalue weighted by Crippen LogP contribution is 2.04. The lowest BCUT2D eigenvalue weighted by Crippen LogP contribution is -2.52. The van der Waals surface area contributed by atoms with Crippen molar-refractivity contribution < 1.29 is 9.59 Å². The van der Waals surface area contributed by atoms with E-state index in [1.807, 2.05) is 27.7 Å². The first-order chi connectivity index (χ1) is 8.08. The molecule has 0 aliphatic rings. The van der Waals surface area contributed by atoms with E-state index < -0.39 is 12.0 Å². The Bertz CT molecular complexity index is 337. The van der Waals surface area contributed by atoms with Gasteiger partial charge in [-0.15, -0.1) is 0 Å². The van der Waals surface area contributed by atoms with E-state index in [9.17, 15) is 9.59 Å². The van der Waals surface area contributed by atoms with E-state index in [0.717, 1.165) is 0 Å². The van der Waals surface area contributed by atoms with Crippen LogP contribution in [0.25, 0.3) is 0 Å². The number of amides is 2. The van der Waals surface area contributed by atoms with Crippen molar-refractivity contribution >= 4 is 29.0 Å². The molecular formula is C12H23N3O2S. The number of rotatable bonds is 5. The van der Waals surface area contributed by atoms with Crippen LogP contribution in [0.2, 0.25) is 0 Å². The monoisotopic (exact) mass is 273 g/mol. The fourth-order valence-electron chi connectivity index (χ4n) is 1.37. The van der Waals surface area contributed by atoms with Crippen LogP contribution in [0.4, 0.5) is 0 Å². The molecule has 104 valence electrons. The van der Waals surface area contributed by atoms with Crippen LogP contribution >= 0.6 is 12.2 Å². The van der Waals surface area contributed by atoms with E-state index in [2.05, 4.69) is 10.6 Å². The number of thiocarbonyl (C=S) groups is 1. The Labute approximate surface area is 114 Å². The highest BCUT2D eigenvalue weighted by Gasteiger charge is 2.25. The topological polar surface area (TPSA) is 84.2 Å². The second kappa shape index (κ2) is 6.68. The molecule has 2 atom stereocenters. The molecule has 0 rings (SSSR count). The third kappa shape index (κ3) is 5.95. The van der Waals surface area contributed by atoms with E-state index in [0.29, 0.717) is 6.42 Å². The Hall–Kier alpha value is -1.17. The Morgan fingerprint density at radius 3 is 2.11 bits per heavy atom. The molecule has 0 radical (unpaired) electrons. The van der Waals surface area contributed by atoms with Crippen LogP contribution in [-0.2, 0) is 9.59 Å². The molecule has 0 aliphatic carbocycles. The average Bonchev–Trinajstić information content (AvgIpc) is 2.14. The fourth-order valence-corrected chi connectivity index (χ4v) is 1.65. The molecule has 2 amide bonds. The molecule has 0 aromatic heterocycles. The van der Waals surface area contributed by atoms with E-state index in [-0.39, 0.29) is 22.3 Å². The zero-order valence-corrected chi connectivity index (χ0v) is 12.5. The average molecular weight is 273 g/mol. The molecule has 18 heavy (non-hydrogen) atoms. The summed E-state index contributed by atoms with van der Waals surface area (Å²) in [4.78, 5) is 23.8. The van der Waals surface area contributed by atoms with Gasteiger partial charge in [-0.3, -0.25) is 9.59 Å². The maximum Gasteiger partial charge on any atom is 0.242 e. The summed E-state index contributed by atoms with van der Waals surface area (Å²) in [6.45, 7) is 9.09. The molecule has 0 fully saturated rings. The lowest BCUT2D eigenvalue weighted by molar-refractivity contribution is -0.130. The minimum Gasteiger partial charge on any atom is -0.393 e. The molecule has 0 aromatic carbocycles. The van der Waals surface area contributed by atoms with Gasteiger partial charge in [0, 0.05) is 5.54 Å². The number of carbonyl (C=O) groups is 2. The predicted octanol–water partition coefficient (Wildman–Crippen LogP) is 0.718. The van der Waals surface area contributed by atoms with Gasteiger partial charge in [0.1, 0.15) is 6.04 Å². The first kappa shape index (κ1) is 16.8. The Balaban J connectivity index is 4.48. The third-order valence-corrected chi connectivity index (χ3v) is 2.60. The first-order valence-electron chi connectivity index (χ1n) is 6.00. The largest absolute Gasteiger partial charge is 0.393 e. The van der Waals surface area contributed by atoms with Gasteiger partial charge >= 0.3 is 0 Å². The zero-order chi connectivity index (χ0) is 14.5. The van der Waals surface area contributed by atoms with Crippen molar-refractivity contribution in [3.63, 3.8) is 0 Å². The summed E-state index contributed by atoms with van der Waals surface area (Å²) >= 11 is 4.81. The standard InChI is InChI=1S/C12H23N3O2S/c1-6-8(9(13)18)11(17)14-7(2)10(16)15-12(3,4)5/h7-8H,6H2,1-5H3,(H2,13,18)(H,14,17)(H,15,16). The molecule has 6 heteroatoms. The van der Waals surface area contributed by atoms with Crippen LogP contribution in [0.15, 0.2) is 0 Å². The predicted molar refractivity (Wildman–Crippen MR) is 76.1 cm³/mol. The van der Waals surface area contributed by atoms with Crippen LogP contribution in [0.3, 0.4) is 0 Å². The maximum atomic E-state index is 11.8. The number of nitrogens with two attached hydrogens (primary N) is 1. The van der Waals surface area contributed by atoms with Crippen LogP contribution in [0, 0.1) is 5.92 Å². The number of carbonyl (C=O) groups excluding carboxylic acids is 2. The van der Waals surface area contributed by atoms with Gasteiger partial charge in [0.15, 0.2) is 0 Å². The van der Waals surface area contributed by atoms with Gasteiger partial charge in [0.2, 0.25) is 11.8 Å². The van der Waals surface area contributed by atoms with Gasteiger partial charge in [-0.2, -0.15) is 0 Å². The quantitative estimate of drug-likeness (QED) is 0.644. The van der Waals surface area contributed by atoms with Gasteiger partial charge in [-0.05, 0) is 34.1 Å². The van der Waals surface area contributed by atoms with Gasteiger partial charge in [0.25, 0.3) is 0 Å². The van der Waals surface area contributed by atoms with E-state index >= 15 is 0 Å². The van der Waals surface area contributed by atoms with Gasteiger partial charge in [-0.1, -0.05) is 19.1 Å². The Morgan fingerprint density at radius 1 is 1.28 bits per heavy atom. The molecule has 0 spiro atoms. The normalized spacial score (nSPS) is 14.5. The van der Waals surface area contributed by atoms with E-state index in [4.69, 9.17) is 18.0 Å². The first-order valence-corrected chi connectivity index (χ1v) is 6.41. The van der Waals surface area contributed by atoms with Crippen LogP contribution < -0.4 is 16.4 Å². The van der Waals surface area contributed by atoms with Crippen molar-refractivity contribution in [2.24, 2.45) is 11.7 Å². The molecule has 2 unspecified atom stereocenters. The van der Waals surface area contributed by atoms with Crippen LogP contribution in [0.5, 0.6) is 0 Å². The SMILES string of the molecule is CCC(C(=O)NC(C)C(=O)NC(C)(C)C)C(N)=S. The molecule has 0 heterocycles. The lowest BCUT2D eigenvalue weighted by Gasteiger charge is -2.24. The molecule has 0 aliphatic heterocycles. The highest BCUT2D eigenvalue weighted by molar-refractivity contribution is 7.80. The maximum absolute atomic E-state index is 11.8. The van der Waals surface area contributed by atoms with Crippen molar-refractivity contribution in [2.45, 2.75) is 52.6 Å². The third-order valence-electron chi connectivity index (χ3n) is 2.32. The molecule has 0 saturated carbocycles. The number of hydrogen-bond donors (Lipinski definition) is 3. The summed E-state index contributed by atoms with van der Waals surface area (Å²) < 4.78 is 0. The summed E-state index contributed by atoms with van der Waals surface area (Å²) in [6.07, 6.45) is 0.523. The molecule has 0 saturated heterocycles. The smallest absolute Gasteiger partial charge is 0.242 e. The zero-order valence-electron chi connectivity index (χ0n) is 11.7.